The Hall–Kier alpha value is -1.06. The van der Waals surface area contributed by atoms with Crippen LogP contribution in [-0.2, 0) is 13.0 Å². The van der Waals surface area contributed by atoms with E-state index in [1.165, 1.54) is 0 Å². The molecule has 2 aromatic rings. The maximum Gasteiger partial charge on any atom is 0.228 e. The normalized spacial score (nSPS) is 11.4. The van der Waals surface area contributed by atoms with Crippen molar-refractivity contribution in [3.63, 3.8) is 0 Å². The molecule has 1 aromatic heterocycles. The van der Waals surface area contributed by atoms with Crippen LogP contribution in [-0.4, -0.2) is 29.7 Å². The van der Waals surface area contributed by atoms with Crippen molar-refractivity contribution in [2.45, 2.75) is 32.7 Å². The number of aromatic nitrogens is 2. The smallest absolute Gasteiger partial charge is 0.228 e. The molecule has 0 unspecified atom stereocenters. The second kappa shape index (κ2) is 10.8. The summed E-state index contributed by atoms with van der Waals surface area (Å²) in [5.41, 5.74) is 0.947. The molecule has 0 spiro atoms. The highest BCUT2D eigenvalue weighted by atomic mass is 127. The molecule has 0 saturated carbocycles. The molecule has 2 rings (SSSR count). The van der Waals surface area contributed by atoms with Gasteiger partial charge in [0.25, 0.3) is 0 Å². The Morgan fingerprint density at radius 2 is 2.04 bits per heavy atom. The Balaban J connectivity index is 0.00000312. The molecule has 6 nitrogen and oxygen atoms in total. The molecular weight excluding hydrogens is 476 g/mol. The van der Waals surface area contributed by atoms with Gasteiger partial charge < -0.3 is 15.2 Å². The van der Waals surface area contributed by atoms with Crippen molar-refractivity contribution >= 4 is 53.1 Å². The van der Waals surface area contributed by atoms with Gasteiger partial charge in [-0.1, -0.05) is 48.3 Å². The molecule has 0 fully saturated rings. The number of halogens is 3. The Kier molecular flexibility index (Phi) is 9.52. The number of hydrogen-bond donors (Lipinski definition) is 2. The van der Waals surface area contributed by atoms with Crippen molar-refractivity contribution in [1.29, 1.82) is 0 Å². The Morgan fingerprint density at radius 3 is 2.64 bits per heavy atom. The van der Waals surface area contributed by atoms with E-state index in [9.17, 15) is 0 Å². The predicted molar refractivity (Wildman–Crippen MR) is 112 cm³/mol. The molecule has 0 bridgehead atoms. The molecule has 138 valence electrons. The average molecular weight is 498 g/mol. The minimum atomic E-state index is 0. The fraction of sp³-hybridized carbons (Fsp3) is 0.438. The zero-order valence-corrected chi connectivity index (χ0v) is 18.2. The first-order valence-electron chi connectivity index (χ1n) is 7.70. The molecule has 0 amide bonds. The van der Waals surface area contributed by atoms with Gasteiger partial charge in [0.15, 0.2) is 11.8 Å². The Morgan fingerprint density at radius 1 is 1.28 bits per heavy atom. The summed E-state index contributed by atoms with van der Waals surface area (Å²) in [6, 6.07) is 5.41. The van der Waals surface area contributed by atoms with Crippen molar-refractivity contribution in [3.05, 3.63) is 45.5 Å². The van der Waals surface area contributed by atoms with Gasteiger partial charge in [0.05, 0.1) is 0 Å². The topological polar surface area (TPSA) is 75.3 Å². The average Bonchev–Trinajstić information content (AvgIpc) is 3.01. The largest absolute Gasteiger partial charge is 0.356 e. The monoisotopic (exact) mass is 497 g/mol. The van der Waals surface area contributed by atoms with Gasteiger partial charge in [-0.3, -0.25) is 4.99 Å². The molecule has 1 heterocycles. The van der Waals surface area contributed by atoms with Gasteiger partial charge in [-0.2, -0.15) is 4.98 Å². The minimum absolute atomic E-state index is 0. The van der Waals surface area contributed by atoms with E-state index in [4.69, 9.17) is 27.7 Å². The quantitative estimate of drug-likeness (QED) is 0.358. The van der Waals surface area contributed by atoms with Gasteiger partial charge in [0.2, 0.25) is 5.89 Å². The summed E-state index contributed by atoms with van der Waals surface area (Å²) in [5.74, 6) is 2.27. The lowest BCUT2D eigenvalue weighted by molar-refractivity contribution is 0.371. The molecule has 0 aliphatic carbocycles. The van der Waals surface area contributed by atoms with Crippen LogP contribution in [0.1, 0.15) is 37.0 Å². The van der Waals surface area contributed by atoms with E-state index in [1.807, 2.05) is 26.0 Å². The zero-order valence-electron chi connectivity index (χ0n) is 14.3. The molecule has 9 heteroatoms. The summed E-state index contributed by atoms with van der Waals surface area (Å²) < 4.78 is 5.21. The van der Waals surface area contributed by atoms with E-state index >= 15 is 0 Å². The van der Waals surface area contributed by atoms with E-state index < -0.39 is 0 Å². The summed E-state index contributed by atoms with van der Waals surface area (Å²) in [7, 11) is 1.71. The third-order valence-electron chi connectivity index (χ3n) is 3.32. The second-order valence-electron chi connectivity index (χ2n) is 5.54. The third-order valence-corrected chi connectivity index (χ3v) is 3.90. The van der Waals surface area contributed by atoms with Crippen molar-refractivity contribution < 1.29 is 4.52 Å². The Bertz CT molecular complexity index is 706. The van der Waals surface area contributed by atoms with Gasteiger partial charge in [-0.15, -0.1) is 24.0 Å². The molecule has 25 heavy (non-hydrogen) atoms. The number of aliphatic imine (C=N–C) groups is 1. The van der Waals surface area contributed by atoms with Crippen LogP contribution in [0.15, 0.2) is 27.7 Å². The lowest BCUT2D eigenvalue weighted by Crippen LogP contribution is -2.37. The van der Waals surface area contributed by atoms with Crippen molar-refractivity contribution in [3.8, 4) is 0 Å². The molecule has 1 aromatic carbocycles. The van der Waals surface area contributed by atoms with Crippen LogP contribution in [0.5, 0.6) is 0 Å². The summed E-state index contributed by atoms with van der Waals surface area (Å²) in [6.07, 6.45) is 0.627. The fourth-order valence-electron chi connectivity index (χ4n) is 1.96. The molecular formula is C16H22Cl2IN5O. The number of nitrogens with zero attached hydrogens (tertiary/aromatic N) is 3. The lowest BCUT2D eigenvalue weighted by atomic mass is 10.2. The van der Waals surface area contributed by atoms with E-state index in [0.29, 0.717) is 41.4 Å². The molecule has 0 radical (unpaired) electrons. The van der Waals surface area contributed by atoms with Crippen molar-refractivity contribution in [2.75, 3.05) is 13.6 Å². The number of benzene rings is 1. The highest BCUT2D eigenvalue weighted by molar-refractivity contribution is 14.0. The summed E-state index contributed by atoms with van der Waals surface area (Å²) in [4.78, 5) is 8.51. The van der Waals surface area contributed by atoms with E-state index in [0.717, 1.165) is 11.4 Å². The zero-order chi connectivity index (χ0) is 17.5. The highest BCUT2D eigenvalue weighted by Crippen LogP contribution is 2.20. The van der Waals surface area contributed by atoms with Gasteiger partial charge >= 0.3 is 0 Å². The molecule has 0 atom stereocenters. The van der Waals surface area contributed by atoms with Crippen LogP contribution < -0.4 is 10.6 Å². The number of hydrogen-bond acceptors (Lipinski definition) is 4. The highest BCUT2D eigenvalue weighted by Gasteiger charge is 2.09. The molecule has 0 saturated heterocycles. The minimum Gasteiger partial charge on any atom is -0.356 e. The number of guanidine groups is 1. The summed E-state index contributed by atoms with van der Waals surface area (Å²) in [6.45, 7) is 5.24. The van der Waals surface area contributed by atoms with Crippen LogP contribution in [0, 0.1) is 0 Å². The molecule has 2 N–H and O–H groups in total. The standard InChI is InChI=1S/C16H21Cl2N5O.HI/c1-10(2)15-22-14(24-23-15)6-7-20-16(19-3)21-9-11-4-5-12(17)8-13(11)18;/h4-5,8,10H,6-7,9H2,1-3H3,(H2,19,20,21);1H. The summed E-state index contributed by atoms with van der Waals surface area (Å²) >= 11 is 12.1. The molecule has 0 aliphatic heterocycles. The maximum absolute atomic E-state index is 6.16. The third kappa shape index (κ3) is 6.99. The van der Waals surface area contributed by atoms with Crippen LogP contribution in [0.2, 0.25) is 10.0 Å². The number of rotatable bonds is 6. The van der Waals surface area contributed by atoms with Gasteiger partial charge in [-0.25, -0.2) is 0 Å². The van der Waals surface area contributed by atoms with Crippen molar-refractivity contribution in [2.24, 2.45) is 4.99 Å². The first-order valence-corrected chi connectivity index (χ1v) is 8.46. The Labute approximate surface area is 174 Å². The van der Waals surface area contributed by atoms with E-state index in [-0.39, 0.29) is 29.9 Å². The van der Waals surface area contributed by atoms with Gasteiger partial charge in [0, 0.05) is 42.5 Å². The first kappa shape index (κ1) is 22.0. The van der Waals surface area contributed by atoms with E-state index in [1.54, 1.807) is 13.1 Å². The van der Waals surface area contributed by atoms with Crippen LogP contribution in [0.4, 0.5) is 0 Å². The maximum atomic E-state index is 6.16. The van der Waals surface area contributed by atoms with Crippen molar-refractivity contribution in [1.82, 2.24) is 20.8 Å². The molecule has 0 aliphatic rings. The number of nitrogens with one attached hydrogen (secondary N) is 2. The van der Waals surface area contributed by atoms with Gasteiger partial charge in [-0.05, 0) is 17.7 Å². The SMILES string of the molecule is CN=C(NCCc1nc(C(C)C)no1)NCc1ccc(Cl)cc1Cl.I. The van der Waals surface area contributed by atoms with E-state index in [2.05, 4.69) is 25.8 Å². The van der Waals surface area contributed by atoms with Crippen LogP contribution >= 0.6 is 47.2 Å². The second-order valence-corrected chi connectivity index (χ2v) is 6.38. The first-order chi connectivity index (χ1) is 11.5. The van der Waals surface area contributed by atoms with Crippen LogP contribution in [0.25, 0.3) is 0 Å². The lowest BCUT2D eigenvalue weighted by Gasteiger charge is -2.12. The fourth-order valence-corrected chi connectivity index (χ4v) is 2.43. The van der Waals surface area contributed by atoms with Crippen LogP contribution in [0.3, 0.4) is 0 Å². The summed E-state index contributed by atoms with van der Waals surface area (Å²) in [5, 5.41) is 11.6. The van der Waals surface area contributed by atoms with Gasteiger partial charge in [0.1, 0.15) is 0 Å². The predicted octanol–water partition coefficient (Wildman–Crippen LogP) is 4.03.